The molecule has 3 aromatic carbocycles. The van der Waals surface area contributed by atoms with Crippen LogP contribution >= 0.6 is 15.9 Å². The summed E-state index contributed by atoms with van der Waals surface area (Å²) < 4.78 is 28.1. The van der Waals surface area contributed by atoms with Gasteiger partial charge in [0.25, 0.3) is 10.0 Å². The number of para-hydroxylation sites is 1. The topological polar surface area (TPSA) is 74.7 Å². The Morgan fingerprint density at radius 3 is 2.11 bits per heavy atom. The van der Waals surface area contributed by atoms with E-state index in [4.69, 9.17) is 0 Å². The highest BCUT2D eigenvalue weighted by molar-refractivity contribution is 9.10. The molecule has 138 valence electrons. The first-order valence-corrected chi connectivity index (χ1v) is 10.3. The highest BCUT2D eigenvalue weighted by Crippen LogP contribution is 2.34. The van der Waals surface area contributed by atoms with Gasteiger partial charge in [-0.2, -0.15) is 0 Å². The molecule has 0 amide bonds. The molecule has 0 atom stereocenters. The smallest absolute Gasteiger partial charge is 0.324 e. The predicted octanol–water partition coefficient (Wildman–Crippen LogP) is 4.40. The minimum atomic E-state index is -4.06. The summed E-state index contributed by atoms with van der Waals surface area (Å²) in [4.78, 5) is 11.5. The van der Waals surface area contributed by atoms with Gasteiger partial charge in [0.05, 0.1) is 10.6 Å². The molecule has 0 saturated heterocycles. The minimum Gasteiger partial charge on any atom is -0.480 e. The Kier molecular flexibility index (Phi) is 5.62. The van der Waals surface area contributed by atoms with Crippen molar-refractivity contribution in [2.75, 3.05) is 10.8 Å². The SMILES string of the molecule is O=C(O)CN(c1ccccc1-c1ccccc1)S(=O)(=O)c1ccc(Br)cc1. The van der Waals surface area contributed by atoms with Gasteiger partial charge in [0.15, 0.2) is 0 Å². The van der Waals surface area contributed by atoms with Gasteiger partial charge >= 0.3 is 5.97 Å². The van der Waals surface area contributed by atoms with Crippen LogP contribution in [0.15, 0.2) is 88.2 Å². The molecule has 0 aliphatic rings. The van der Waals surface area contributed by atoms with Crippen LogP contribution < -0.4 is 4.31 Å². The van der Waals surface area contributed by atoms with Gasteiger partial charge < -0.3 is 5.11 Å². The summed E-state index contributed by atoms with van der Waals surface area (Å²) in [6, 6.07) is 22.2. The number of carboxylic acids is 1. The van der Waals surface area contributed by atoms with Crippen molar-refractivity contribution in [3.63, 3.8) is 0 Å². The van der Waals surface area contributed by atoms with E-state index in [1.807, 2.05) is 30.3 Å². The van der Waals surface area contributed by atoms with Crippen LogP contribution in [0.2, 0.25) is 0 Å². The molecule has 0 unspecified atom stereocenters. The quantitative estimate of drug-likeness (QED) is 0.609. The first-order valence-electron chi connectivity index (χ1n) is 8.04. The summed E-state index contributed by atoms with van der Waals surface area (Å²) in [5.41, 5.74) is 1.75. The molecule has 0 radical (unpaired) electrons. The number of halogens is 1. The summed E-state index contributed by atoms with van der Waals surface area (Å²) in [6.45, 7) is -0.678. The number of sulfonamides is 1. The average Bonchev–Trinajstić information content (AvgIpc) is 2.67. The second-order valence-electron chi connectivity index (χ2n) is 5.74. The van der Waals surface area contributed by atoms with Crippen LogP contribution in [0.5, 0.6) is 0 Å². The Bertz CT molecular complexity index is 1050. The minimum absolute atomic E-state index is 0.0230. The second kappa shape index (κ2) is 7.94. The van der Waals surface area contributed by atoms with Crippen LogP contribution in [0.1, 0.15) is 0 Å². The number of hydrogen-bond donors (Lipinski definition) is 1. The Labute approximate surface area is 166 Å². The number of anilines is 1. The number of aliphatic carboxylic acids is 1. The molecular weight excluding hydrogens is 430 g/mol. The lowest BCUT2D eigenvalue weighted by atomic mass is 10.0. The normalized spacial score (nSPS) is 11.1. The fraction of sp³-hybridized carbons (Fsp3) is 0.0500. The number of carboxylic acid groups (broad SMARTS) is 1. The molecule has 0 aliphatic heterocycles. The Balaban J connectivity index is 2.17. The number of benzene rings is 3. The van der Waals surface area contributed by atoms with E-state index in [1.165, 1.54) is 12.1 Å². The summed E-state index contributed by atoms with van der Waals surface area (Å²) >= 11 is 3.27. The lowest BCUT2D eigenvalue weighted by molar-refractivity contribution is -0.135. The molecule has 1 N–H and O–H groups in total. The lowest BCUT2D eigenvalue weighted by Gasteiger charge is -2.25. The number of rotatable bonds is 6. The molecule has 3 rings (SSSR count). The van der Waals surface area contributed by atoms with Gasteiger partial charge in [-0.05, 0) is 35.9 Å². The molecular formula is C20H16BrNO4S. The van der Waals surface area contributed by atoms with E-state index in [0.29, 0.717) is 11.3 Å². The fourth-order valence-electron chi connectivity index (χ4n) is 2.71. The molecule has 0 aromatic heterocycles. The average molecular weight is 446 g/mol. The Morgan fingerprint density at radius 1 is 0.889 bits per heavy atom. The third-order valence-electron chi connectivity index (χ3n) is 3.94. The van der Waals surface area contributed by atoms with Crippen LogP contribution in [0.25, 0.3) is 11.1 Å². The van der Waals surface area contributed by atoms with E-state index in [9.17, 15) is 18.3 Å². The van der Waals surface area contributed by atoms with Crippen LogP contribution in [0.3, 0.4) is 0 Å². The van der Waals surface area contributed by atoms with Gasteiger partial charge in [0.1, 0.15) is 6.54 Å². The van der Waals surface area contributed by atoms with Crippen molar-refractivity contribution < 1.29 is 18.3 Å². The van der Waals surface area contributed by atoms with Crippen molar-refractivity contribution in [3.05, 3.63) is 83.3 Å². The van der Waals surface area contributed by atoms with E-state index in [0.717, 1.165) is 14.3 Å². The van der Waals surface area contributed by atoms with Crippen molar-refractivity contribution in [1.82, 2.24) is 0 Å². The van der Waals surface area contributed by atoms with Gasteiger partial charge in [-0.1, -0.05) is 64.5 Å². The van der Waals surface area contributed by atoms with Crippen molar-refractivity contribution in [3.8, 4) is 11.1 Å². The zero-order chi connectivity index (χ0) is 19.4. The van der Waals surface area contributed by atoms with E-state index >= 15 is 0 Å². The number of hydrogen-bond acceptors (Lipinski definition) is 3. The van der Waals surface area contributed by atoms with Gasteiger partial charge in [-0.15, -0.1) is 0 Å². The molecule has 7 heteroatoms. The van der Waals surface area contributed by atoms with Gasteiger partial charge in [-0.3, -0.25) is 9.10 Å². The Morgan fingerprint density at radius 2 is 1.48 bits per heavy atom. The third-order valence-corrected chi connectivity index (χ3v) is 6.24. The van der Waals surface area contributed by atoms with Gasteiger partial charge in [0, 0.05) is 10.0 Å². The zero-order valence-corrected chi connectivity index (χ0v) is 16.5. The summed E-state index contributed by atoms with van der Waals surface area (Å²) in [7, 11) is -4.06. The van der Waals surface area contributed by atoms with Crippen LogP contribution in [0.4, 0.5) is 5.69 Å². The molecule has 5 nitrogen and oxygen atoms in total. The standard InChI is InChI=1S/C20H16BrNO4S/c21-16-10-12-17(13-11-16)27(25,26)22(14-20(23)24)19-9-5-4-8-18(19)15-6-2-1-3-7-15/h1-13H,14H2,(H,23,24). The van der Waals surface area contributed by atoms with Crippen LogP contribution in [0, 0.1) is 0 Å². The maximum atomic E-state index is 13.2. The molecule has 0 saturated carbocycles. The predicted molar refractivity (Wildman–Crippen MR) is 108 cm³/mol. The fourth-order valence-corrected chi connectivity index (χ4v) is 4.41. The van der Waals surface area contributed by atoms with Crippen molar-refractivity contribution in [2.45, 2.75) is 4.90 Å². The summed E-state index contributed by atoms with van der Waals surface area (Å²) in [5, 5.41) is 9.35. The summed E-state index contributed by atoms with van der Waals surface area (Å²) in [6.07, 6.45) is 0. The van der Waals surface area contributed by atoms with Crippen molar-refractivity contribution in [1.29, 1.82) is 0 Å². The largest absolute Gasteiger partial charge is 0.480 e. The molecule has 0 heterocycles. The van der Waals surface area contributed by atoms with E-state index < -0.39 is 22.5 Å². The second-order valence-corrected chi connectivity index (χ2v) is 8.52. The van der Waals surface area contributed by atoms with Gasteiger partial charge in [0.2, 0.25) is 0 Å². The molecule has 3 aromatic rings. The zero-order valence-electron chi connectivity index (χ0n) is 14.1. The van der Waals surface area contributed by atoms with Gasteiger partial charge in [-0.25, -0.2) is 8.42 Å². The maximum absolute atomic E-state index is 13.2. The molecule has 0 bridgehead atoms. The third kappa shape index (κ3) is 4.20. The monoisotopic (exact) mass is 445 g/mol. The first kappa shape index (κ1) is 19.1. The number of nitrogens with zero attached hydrogens (tertiary/aromatic N) is 1. The summed E-state index contributed by atoms with van der Waals surface area (Å²) in [5.74, 6) is -1.24. The molecule has 0 spiro atoms. The Hall–Kier alpha value is -2.64. The van der Waals surface area contributed by atoms with Crippen molar-refractivity contribution in [2.24, 2.45) is 0 Å². The van der Waals surface area contributed by atoms with E-state index in [2.05, 4.69) is 15.9 Å². The van der Waals surface area contributed by atoms with E-state index in [1.54, 1.807) is 36.4 Å². The van der Waals surface area contributed by atoms with Crippen LogP contribution in [-0.2, 0) is 14.8 Å². The maximum Gasteiger partial charge on any atom is 0.324 e. The number of carbonyl (C=O) groups is 1. The molecule has 27 heavy (non-hydrogen) atoms. The first-order chi connectivity index (χ1) is 12.9. The van der Waals surface area contributed by atoms with Crippen molar-refractivity contribution >= 4 is 37.6 Å². The van der Waals surface area contributed by atoms with E-state index in [-0.39, 0.29) is 4.90 Å². The lowest BCUT2D eigenvalue weighted by Crippen LogP contribution is -2.36. The highest BCUT2D eigenvalue weighted by atomic mass is 79.9. The molecule has 0 aliphatic carbocycles. The van der Waals surface area contributed by atoms with Crippen LogP contribution in [-0.4, -0.2) is 26.0 Å². The highest BCUT2D eigenvalue weighted by Gasteiger charge is 2.28. The molecule has 0 fully saturated rings.